The number of carbonyl (C=O) groups excluding carboxylic acids is 1. The zero-order chi connectivity index (χ0) is 23.7. The van der Waals surface area contributed by atoms with Crippen LogP contribution in [0.3, 0.4) is 0 Å². The number of carbonyl (C=O) groups is 1. The largest absolute Gasteiger partial charge is 0.334 e. The third kappa shape index (κ3) is 4.40. The van der Waals surface area contributed by atoms with Gasteiger partial charge in [-0.15, -0.1) is 5.10 Å². The van der Waals surface area contributed by atoms with Crippen molar-refractivity contribution in [3.05, 3.63) is 96.4 Å². The Labute approximate surface area is 195 Å². The lowest BCUT2D eigenvalue weighted by Crippen LogP contribution is -2.50. The van der Waals surface area contributed by atoms with E-state index in [-0.39, 0.29) is 22.5 Å². The maximum atomic E-state index is 13.4. The van der Waals surface area contributed by atoms with Gasteiger partial charge in [-0.1, -0.05) is 47.7 Å². The molecule has 0 bridgehead atoms. The number of benzene rings is 3. The summed E-state index contributed by atoms with van der Waals surface area (Å²) < 4.78 is 42.7. The summed E-state index contributed by atoms with van der Waals surface area (Å²) in [5.74, 6) is -0.867. The Hall–Kier alpha value is -4.05. The molecule has 1 aromatic heterocycles. The van der Waals surface area contributed by atoms with Crippen LogP contribution in [0.5, 0.6) is 0 Å². The second-order valence-electron chi connectivity index (χ2n) is 7.96. The summed E-state index contributed by atoms with van der Waals surface area (Å²) >= 11 is 0. The molecule has 1 aliphatic rings. The molecule has 2 heterocycles. The van der Waals surface area contributed by atoms with Crippen molar-refractivity contribution >= 4 is 21.6 Å². The van der Waals surface area contributed by atoms with Crippen molar-refractivity contribution < 1.29 is 17.6 Å². The Morgan fingerprint density at radius 1 is 0.971 bits per heavy atom. The monoisotopic (exact) mass is 477 g/mol. The van der Waals surface area contributed by atoms with Gasteiger partial charge < -0.3 is 4.90 Å². The Morgan fingerprint density at radius 2 is 1.74 bits per heavy atom. The highest BCUT2D eigenvalue weighted by Crippen LogP contribution is 2.26. The van der Waals surface area contributed by atoms with Crippen molar-refractivity contribution in [3.8, 4) is 11.3 Å². The van der Waals surface area contributed by atoms with Crippen LogP contribution in [0.15, 0.2) is 90.0 Å². The number of rotatable bonds is 6. The molecule has 1 amide bonds. The number of halogens is 1. The van der Waals surface area contributed by atoms with Gasteiger partial charge in [0.1, 0.15) is 11.5 Å². The van der Waals surface area contributed by atoms with Crippen LogP contribution in [0.1, 0.15) is 16.4 Å². The number of aromatic nitrogens is 3. The molecule has 3 aromatic carbocycles. The van der Waals surface area contributed by atoms with Crippen molar-refractivity contribution in [1.82, 2.24) is 19.9 Å². The summed E-state index contributed by atoms with van der Waals surface area (Å²) in [4.78, 5) is 14.4. The first-order valence-electron chi connectivity index (χ1n) is 10.5. The van der Waals surface area contributed by atoms with Crippen LogP contribution in [-0.4, -0.2) is 47.3 Å². The molecule has 4 aromatic rings. The van der Waals surface area contributed by atoms with E-state index in [0.29, 0.717) is 18.7 Å². The van der Waals surface area contributed by atoms with E-state index in [4.69, 9.17) is 0 Å². The lowest BCUT2D eigenvalue weighted by atomic mass is 10.1. The topological polar surface area (TPSA) is 97.2 Å². The molecule has 10 heteroatoms. The predicted octanol–water partition coefficient (Wildman–Crippen LogP) is 3.58. The van der Waals surface area contributed by atoms with Crippen LogP contribution in [0.4, 0.5) is 10.1 Å². The Bertz CT molecular complexity index is 1450. The minimum absolute atomic E-state index is 0.0172. The van der Waals surface area contributed by atoms with Crippen molar-refractivity contribution in [2.24, 2.45) is 0 Å². The summed E-state index contributed by atoms with van der Waals surface area (Å²) in [6, 6.07) is 20.7. The zero-order valence-corrected chi connectivity index (χ0v) is 18.7. The number of amides is 1. The van der Waals surface area contributed by atoms with Crippen molar-refractivity contribution in [2.45, 2.75) is 10.9 Å². The van der Waals surface area contributed by atoms with Gasteiger partial charge in [0.2, 0.25) is 0 Å². The molecule has 1 aliphatic heterocycles. The molecule has 0 atom stereocenters. The molecule has 1 N–H and O–H groups in total. The smallest absolute Gasteiger partial charge is 0.261 e. The Balaban J connectivity index is 1.24. The first-order valence-corrected chi connectivity index (χ1v) is 12.0. The molecule has 0 unspecified atom stereocenters. The molecule has 1 fully saturated rings. The molecule has 172 valence electrons. The van der Waals surface area contributed by atoms with E-state index in [1.807, 2.05) is 36.5 Å². The molecular formula is C24H20FN5O3S. The van der Waals surface area contributed by atoms with E-state index >= 15 is 0 Å². The molecule has 1 saturated heterocycles. The third-order valence-electron chi connectivity index (χ3n) is 5.57. The van der Waals surface area contributed by atoms with Gasteiger partial charge in [0.15, 0.2) is 0 Å². The number of hydrogen-bond acceptors (Lipinski definition) is 5. The minimum atomic E-state index is -3.99. The summed E-state index contributed by atoms with van der Waals surface area (Å²) in [6.07, 6.45) is 1.86. The zero-order valence-electron chi connectivity index (χ0n) is 17.9. The van der Waals surface area contributed by atoms with Crippen LogP contribution in [-0.2, 0) is 10.0 Å². The normalized spacial score (nSPS) is 14.0. The number of hydrogen-bond donors (Lipinski definition) is 1. The van der Waals surface area contributed by atoms with Crippen molar-refractivity contribution in [3.63, 3.8) is 0 Å². The summed E-state index contributed by atoms with van der Waals surface area (Å²) in [5.41, 5.74) is 2.31. The second kappa shape index (κ2) is 8.71. The lowest BCUT2D eigenvalue weighted by Gasteiger charge is -2.38. The van der Waals surface area contributed by atoms with Crippen LogP contribution >= 0.6 is 0 Å². The van der Waals surface area contributed by atoms with Crippen molar-refractivity contribution in [2.75, 3.05) is 17.8 Å². The molecular weight excluding hydrogens is 457 g/mol. The van der Waals surface area contributed by atoms with Gasteiger partial charge in [0.25, 0.3) is 15.9 Å². The molecule has 0 spiro atoms. The van der Waals surface area contributed by atoms with Gasteiger partial charge in [0, 0.05) is 29.9 Å². The molecule has 5 rings (SSSR count). The van der Waals surface area contributed by atoms with E-state index in [2.05, 4.69) is 15.0 Å². The van der Waals surface area contributed by atoms with Crippen LogP contribution < -0.4 is 4.72 Å². The highest BCUT2D eigenvalue weighted by atomic mass is 32.2. The molecule has 0 saturated carbocycles. The highest BCUT2D eigenvalue weighted by Gasteiger charge is 2.33. The minimum Gasteiger partial charge on any atom is -0.334 e. The fourth-order valence-electron chi connectivity index (χ4n) is 3.73. The first-order chi connectivity index (χ1) is 16.4. The average Bonchev–Trinajstić information content (AvgIpc) is 3.28. The summed E-state index contributed by atoms with van der Waals surface area (Å²) in [6.45, 7) is 0.936. The second-order valence-corrected chi connectivity index (χ2v) is 9.64. The quantitative estimate of drug-likeness (QED) is 0.458. The standard InChI is InChI=1S/C24H20FN5O3S/c25-19-9-5-11-22(13-19)34(32,33)27-20-10-4-8-18(12-20)24(31)29-14-21(15-29)30-16-23(26-28-30)17-6-2-1-3-7-17/h1-13,16,21,27H,14-15H2. The maximum Gasteiger partial charge on any atom is 0.261 e. The molecule has 0 aliphatic carbocycles. The maximum absolute atomic E-state index is 13.4. The van der Waals surface area contributed by atoms with E-state index in [9.17, 15) is 17.6 Å². The Kier molecular flexibility index (Phi) is 5.58. The first kappa shape index (κ1) is 21.8. The van der Waals surface area contributed by atoms with Gasteiger partial charge in [-0.3, -0.25) is 9.52 Å². The van der Waals surface area contributed by atoms with E-state index in [1.165, 1.54) is 30.3 Å². The van der Waals surface area contributed by atoms with E-state index < -0.39 is 15.8 Å². The summed E-state index contributed by atoms with van der Waals surface area (Å²) in [7, 11) is -3.99. The lowest BCUT2D eigenvalue weighted by molar-refractivity contribution is 0.0498. The average molecular weight is 478 g/mol. The van der Waals surface area contributed by atoms with Gasteiger partial charge in [0.05, 0.1) is 17.1 Å². The van der Waals surface area contributed by atoms with Crippen molar-refractivity contribution in [1.29, 1.82) is 0 Å². The third-order valence-corrected chi connectivity index (χ3v) is 6.95. The number of nitrogens with one attached hydrogen (secondary N) is 1. The fourth-order valence-corrected chi connectivity index (χ4v) is 4.81. The van der Waals surface area contributed by atoms with Gasteiger partial charge in [-0.25, -0.2) is 17.5 Å². The van der Waals surface area contributed by atoms with Gasteiger partial charge in [-0.05, 0) is 36.4 Å². The van der Waals surface area contributed by atoms with E-state index in [0.717, 1.165) is 17.3 Å². The number of anilines is 1. The van der Waals surface area contributed by atoms with Crippen LogP contribution in [0, 0.1) is 5.82 Å². The Morgan fingerprint density at radius 3 is 2.50 bits per heavy atom. The number of nitrogens with zero attached hydrogens (tertiary/aromatic N) is 4. The molecule has 34 heavy (non-hydrogen) atoms. The van der Waals surface area contributed by atoms with Gasteiger partial charge >= 0.3 is 0 Å². The van der Waals surface area contributed by atoms with Crippen LogP contribution in [0.25, 0.3) is 11.3 Å². The van der Waals surface area contributed by atoms with Gasteiger partial charge in [-0.2, -0.15) is 0 Å². The number of likely N-dealkylation sites (tertiary alicyclic amines) is 1. The SMILES string of the molecule is O=C(c1cccc(NS(=O)(=O)c2cccc(F)c2)c1)N1CC(n2cc(-c3ccccc3)nn2)C1. The molecule has 0 radical (unpaired) electrons. The number of sulfonamides is 1. The molecule has 8 nitrogen and oxygen atoms in total. The highest BCUT2D eigenvalue weighted by molar-refractivity contribution is 7.92. The summed E-state index contributed by atoms with van der Waals surface area (Å²) in [5, 5.41) is 8.41. The van der Waals surface area contributed by atoms with Crippen LogP contribution in [0.2, 0.25) is 0 Å². The predicted molar refractivity (Wildman–Crippen MR) is 124 cm³/mol. The van der Waals surface area contributed by atoms with E-state index in [1.54, 1.807) is 21.7 Å². The fraction of sp³-hybridized carbons (Fsp3) is 0.125.